The zero-order chi connectivity index (χ0) is 16.1. The lowest BCUT2D eigenvalue weighted by Gasteiger charge is -2.30. The first-order valence-corrected chi connectivity index (χ1v) is 7.54. The summed E-state index contributed by atoms with van der Waals surface area (Å²) in [6.07, 6.45) is 4.73. The topological polar surface area (TPSA) is 38.3 Å². The maximum Gasteiger partial charge on any atom is 0.243 e. The van der Waals surface area contributed by atoms with E-state index in [1.807, 2.05) is 6.92 Å². The fourth-order valence-electron chi connectivity index (χ4n) is 2.77. The Balaban J connectivity index is 2.07. The first kappa shape index (κ1) is 16.3. The standard InChI is InChI=1S/C18H22FNO2/c1-4-18(21)20-14-6-5-7-15(11-14)22-17-10-13(19)8-9-16(17)12(2)3/h4,8-10,14-15H,1-2,5-7,11H2,3H3,(H,20,21). The van der Waals surface area contributed by atoms with Crippen molar-refractivity contribution in [2.24, 2.45) is 0 Å². The third-order valence-corrected chi connectivity index (χ3v) is 3.85. The molecule has 0 heterocycles. The molecule has 0 aliphatic heterocycles. The molecule has 1 aromatic rings. The summed E-state index contributed by atoms with van der Waals surface area (Å²) in [7, 11) is 0. The lowest BCUT2D eigenvalue weighted by molar-refractivity contribution is -0.117. The van der Waals surface area contributed by atoms with Crippen molar-refractivity contribution < 1.29 is 13.9 Å². The SMILES string of the molecule is C=CC(=O)NC1CCCC(Oc2cc(F)ccc2C(=C)C)C1. The molecule has 4 heteroatoms. The Morgan fingerprint density at radius 1 is 1.45 bits per heavy atom. The van der Waals surface area contributed by atoms with E-state index in [4.69, 9.17) is 4.74 Å². The molecule has 1 aromatic carbocycles. The lowest BCUT2D eigenvalue weighted by atomic mass is 9.92. The maximum atomic E-state index is 13.5. The normalized spacial score (nSPS) is 21.0. The Kier molecular flexibility index (Phi) is 5.36. The molecule has 118 valence electrons. The zero-order valence-corrected chi connectivity index (χ0v) is 12.9. The van der Waals surface area contributed by atoms with Crippen LogP contribution in [-0.2, 0) is 4.79 Å². The van der Waals surface area contributed by atoms with E-state index >= 15 is 0 Å². The summed E-state index contributed by atoms with van der Waals surface area (Å²) in [5, 5.41) is 2.90. The Morgan fingerprint density at radius 2 is 2.23 bits per heavy atom. The van der Waals surface area contributed by atoms with Gasteiger partial charge in [-0.05, 0) is 50.0 Å². The van der Waals surface area contributed by atoms with Crippen molar-refractivity contribution in [3.05, 3.63) is 48.8 Å². The van der Waals surface area contributed by atoms with Crippen molar-refractivity contribution in [2.45, 2.75) is 44.8 Å². The van der Waals surface area contributed by atoms with Crippen molar-refractivity contribution in [1.29, 1.82) is 0 Å². The second kappa shape index (κ2) is 7.25. The second-order valence-corrected chi connectivity index (χ2v) is 5.74. The van der Waals surface area contributed by atoms with Crippen LogP contribution in [0.3, 0.4) is 0 Å². The Bertz CT molecular complexity index is 582. The van der Waals surface area contributed by atoms with Gasteiger partial charge in [0.15, 0.2) is 0 Å². The molecular formula is C18H22FNO2. The Morgan fingerprint density at radius 3 is 2.91 bits per heavy atom. The van der Waals surface area contributed by atoms with Crippen LogP contribution in [-0.4, -0.2) is 18.1 Å². The highest BCUT2D eigenvalue weighted by atomic mass is 19.1. The molecule has 2 unspecified atom stereocenters. The fraction of sp³-hybridized carbons (Fsp3) is 0.389. The number of benzene rings is 1. The number of ether oxygens (including phenoxy) is 1. The number of allylic oxidation sites excluding steroid dienone is 1. The van der Waals surface area contributed by atoms with Crippen molar-refractivity contribution in [3.8, 4) is 5.75 Å². The molecule has 3 nitrogen and oxygen atoms in total. The average molecular weight is 303 g/mol. The summed E-state index contributed by atoms with van der Waals surface area (Å²) in [5.41, 5.74) is 1.65. The van der Waals surface area contributed by atoms with Crippen LogP contribution in [0.5, 0.6) is 5.75 Å². The van der Waals surface area contributed by atoms with Gasteiger partial charge in [0.1, 0.15) is 17.7 Å². The van der Waals surface area contributed by atoms with Gasteiger partial charge in [0.25, 0.3) is 0 Å². The molecule has 2 rings (SSSR count). The van der Waals surface area contributed by atoms with Crippen molar-refractivity contribution in [1.82, 2.24) is 5.32 Å². The van der Waals surface area contributed by atoms with E-state index in [9.17, 15) is 9.18 Å². The van der Waals surface area contributed by atoms with E-state index < -0.39 is 0 Å². The number of hydrogen-bond donors (Lipinski definition) is 1. The minimum Gasteiger partial charge on any atom is -0.490 e. The molecule has 0 radical (unpaired) electrons. The highest BCUT2D eigenvalue weighted by Gasteiger charge is 2.25. The van der Waals surface area contributed by atoms with E-state index in [1.165, 1.54) is 18.2 Å². The first-order chi connectivity index (χ1) is 10.5. The summed E-state index contributed by atoms with van der Waals surface area (Å²) in [4.78, 5) is 11.4. The number of carbonyl (C=O) groups is 1. The summed E-state index contributed by atoms with van der Waals surface area (Å²) >= 11 is 0. The predicted octanol–water partition coefficient (Wildman–Crippen LogP) is 3.85. The van der Waals surface area contributed by atoms with Crippen LogP contribution in [0.2, 0.25) is 0 Å². The number of rotatable bonds is 5. The fourth-order valence-corrected chi connectivity index (χ4v) is 2.77. The van der Waals surface area contributed by atoms with Gasteiger partial charge in [-0.1, -0.05) is 13.2 Å². The van der Waals surface area contributed by atoms with Gasteiger partial charge >= 0.3 is 0 Å². The number of nitrogens with one attached hydrogen (secondary N) is 1. The van der Waals surface area contributed by atoms with Crippen molar-refractivity contribution >= 4 is 11.5 Å². The van der Waals surface area contributed by atoms with E-state index in [-0.39, 0.29) is 23.9 Å². The van der Waals surface area contributed by atoms with E-state index in [1.54, 1.807) is 6.07 Å². The van der Waals surface area contributed by atoms with Crippen LogP contribution in [0.15, 0.2) is 37.4 Å². The second-order valence-electron chi connectivity index (χ2n) is 5.74. The number of halogens is 1. The molecule has 0 saturated heterocycles. The van der Waals surface area contributed by atoms with Crippen LogP contribution in [0, 0.1) is 5.82 Å². The summed E-state index contributed by atoms with van der Waals surface area (Å²) in [5.74, 6) is 0.0274. The first-order valence-electron chi connectivity index (χ1n) is 7.54. The van der Waals surface area contributed by atoms with Gasteiger partial charge in [-0.15, -0.1) is 0 Å². The average Bonchev–Trinajstić information content (AvgIpc) is 2.47. The molecule has 1 aliphatic rings. The maximum absolute atomic E-state index is 13.5. The number of carbonyl (C=O) groups excluding carboxylic acids is 1. The summed E-state index contributed by atoms with van der Waals surface area (Å²) in [6, 6.07) is 4.57. The van der Waals surface area contributed by atoms with Crippen LogP contribution in [0.25, 0.3) is 5.57 Å². The monoisotopic (exact) mass is 303 g/mol. The molecule has 1 saturated carbocycles. The third-order valence-electron chi connectivity index (χ3n) is 3.85. The van der Waals surface area contributed by atoms with E-state index in [0.29, 0.717) is 12.2 Å². The van der Waals surface area contributed by atoms with Gasteiger partial charge in [0.2, 0.25) is 5.91 Å². The number of hydrogen-bond acceptors (Lipinski definition) is 2. The molecule has 0 bridgehead atoms. The minimum absolute atomic E-state index is 0.0382. The highest BCUT2D eigenvalue weighted by molar-refractivity contribution is 5.87. The van der Waals surface area contributed by atoms with Crippen LogP contribution >= 0.6 is 0 Å². The van der Waals surface area contributed by atoms with Crippen LogP contribution in [0.4, 0.5) is 4.39 Å². The van der Waals surface area contributed by atoms with E-state index in [2.05, 4.69) is 18.5 Å². The molecular weight excluding hydrogens is 281 g/mol. The lowest BCUT2D eigenvalue weighted by Crippen LogP contribution is -2.40. The number of amides is 1. The molecule has 1 fully saturated rings. The Labute approximate surface area is 130 Å². The van der Waals surface area contributed by atoms with Gasteiger partial charge < -0.3 is 10.1 Å². The third kappa shape index (κ3) is 4.20. The highest BCUT2D eigenvalue weighted by Crippen LogP contribution is 2.30. The summed E-state index contributed by atoms with van der Waals surface area (Å²) < 4.78 is 19.5. The predicted molar refractivity (Wildman–Crippen MR) is 86.1 cm³/mol. The molecule has 0 spiro atoms. The van der Waals surface area contributed by atoms with Crippen molar-refractivity contribution in [3.63, 3.8) is 0 Å². The van der Waals surface area contributed by atoms with Gasteiger partial charge in [-0.2, -0.15) is 0 Å². The molecule has 22 heavy (non-hydrogen) atoms. The van der Waals surface area contributed by atoms with Crippen molar-refractivity contribution in [2.75, 3.05) is 0 Å². The molecule has 2 atom stereocenters. The molecule has 1 amide bonds. The minimum atomic E-state index is -0.327. The van der Waals surface area contributed by atoms with Gasteiger partial charge in [0.05, 0.1) is 0 Å². The molecule has 0 aromatic heterocycles. The summed E-state index contributed by atoms with van der Waals surface area (Å²) in [6.45, 7) is 9.23. The Hall–Kier alpha value is -2.10. The van der Waals surface area contributed by atoms with Gasteiger partial charge in [-0.3, -0.25) is 4.79 Å². The van der Waals surface area contributed by atoms with Crippen LogP contribution < -0.4 is 10.1 Å². The zero-order valence-electron chi connectivity index (χ0n) is 12.9. The van der Waals surface area contributed by atoms with Gasteiger partial charge in [-0.25, -0.2) is 4.39 Å². The molecule has 1 N–H and O–H groups in total. The van der Waals surface area contributed by atoms with E-state index in [0.717, 1.165) is 30.4 Å². The smallest absolute Gasteiger partial charge is 0.243 e. The largest absolute Gasteiger partial charge is 0.490 e. The van der Waals surface area contributed by atoms with Gasteiger partial charge in [0, 0.05) is 24.1 Å². The quantitative estimate of drug-likeness (QED) is 0.839. The molecule has 1 aliphatic carbocycles. The van der Waals surface area contributed by atoms with Crippen LogP contribution in [0.1, 0.15) is 38.2 Å².